The number of sulfonamides is 1. The van der Waals surface area contributed by atoms with Gasteiger partial charge in [0.25, 0.3) is 10.0 Å². The van der Waals surface area contributed by atoms with Gasteiger partial charge >= 0.3 is 0 Å². The van der Waals surface area contributed by atoms with Gasteiger partial charge in [0.2, 0.25) is 0 Å². The van der Waals surface area contributed by atoms with E-state index >= 15 is 0 Å². The van der Waals surface area contributed by atoms with Crippen molar-refractivity contribution in [2.75, 3.05) is 10.5 Å². The maximum Gasteiger partial charge on any atom is 0.261 e. The van der Waals surface area contributed by atoms with Gasteiger partial charge in [-0.3, -0.25) is 4.72 Å². The van der Waals surface area contributed by atoms with Crippen LogP contribution in [0.2, 0.25) is 5.02 Å². The minimum Gasteiger partial charge on any atom is -0.398 e. The second kappa shape index (κ2) is 5.30. The Bertz CT molecular complexity index is 763. The fraction of sp³-hybridized carbons (Fsp3) is 0.0769. The van der Waals surface area contributed by atoms with Crippen molar-refractivity contribution in [3.63, 3.8) is 0 Å². The minimum absolute atomic E-state index is 0.120. The molecule has 0 atom stereocenters. The first-order valence-corrected chi connectivity index (χ1v) is 7.50. The van der Waals surface area contributed by atoms with Crippen molar-refractivity contribution in [1.82, 2.24) is 0 Å². The monoisotopic (exact) mass is 314 g/mol. The molecule has 0 aliphatic heterocycles. The van der Waals surface area contributed by atoms with Crippen molar-refractivity contribution < 1.29 is 12.8 Å². The van der Waals surface area contributed by atoms with Gasteiger partial charge in [0.05, 0.1) is 15.6 Å². The highest BCUT2D eigenvalue weighted by molar-refractivity contribution is 7.92. The molecule has 7 heteroatoms. The molecule has 0 saturated carbocycles. The number of nitrogens with one attached hydrogen (secondary N) is 1. The van der Waals surface area contributed by atoms with E-state index in [-0.39, 0.29) is 9.92 Å². The van der Waals surface area contributed by atoms with Crippen molar-refractivity contribution in [1.29, 1.82) is 0 Å². The predicted octanol–water partition coefficient (Wildman–Crippen LogP) is 3.17. The molecule has 0 bridgehead atoms. The third-order valence-electron chi connectivity index (χ3n) is 2.82. The van der Waals surface area contributed by atoms with Crippen LogP contribution in [0.4, 0.5) is 15.8 Å². The van der Waals surface area contributed by atoms with Gasteiger partial charge in [-0.2, -0.15) is 0 Å². The molecule has 0 aromatic heterocycles. The Morgan fingerprint density at radius 1 is 1.25 bits per heavy atom. The van der Waals surface area contributed by atoms with E-state index in [4.69, 9.17) is 17.3 Å². The van der Waals surface area contributed by atoms with E-state index in [1.54, 1.807) is 25.1 Å². The SMILES string of the molecule is Cc1c(N)cccc1NS(=O)(=O)c1ccc(F)c(Cl)c1. The lowest BCUT2D eigenvalue weighted by Gasteiger charge is -2.12. The molecular weight excluding hydrogens is 303 g/mol. The molecule has 0 saturated heterocycles. The van der Waals surface area contributed by atoms with E-state index in [2.05, 4.69) is 4.72 Å². The molecule has 0 radical (unpaired) electrons. The third-order valence-corrected chi connectivity index (χ3v) is 4.47. The molecule has 0 fully saturated rings. The van der Waals surface area contributed by atoms with E-state index < -0.39 is 15.8 Å². The molecule has 2 rings (SSSR count). The van der Waals surface area contributed by atoms with Crippen molar-refractivity contribution in [2.45, 2.75) is 11.8 Å². The number of halogens is 2. The van der Waals surface area contributed by atoms with Crippen LogP contribution in [0.25, 0.3) is 0 Å². The zero-order valence-electron chi connectivity index (χ0n) is 10.5. The van der Waals surface area contributed by atoms with Gasteiger partial charge in [0.1, 0.15) is 5.82 Å². The first kappa shape index (κ1) is 14.6. The summed E-state index contributed by atoms with van der Waals surface area (Å²) >= 11 is 5.59. The van der Waals surface area contributed by atoms with Gasteiger partial charge in [-0.1, -0.05) is 17.7 Å². The Labute approximate surface area is 121 Å². The zero-order valence-corrected chi connectivity index (χ0v) is 12.1. The lowest BCUT2D eigenvalue weighted by atomic mass is 10.2. The number of rotatable bonds is 3. The summed E-state index contributed by atoms with van der Waals surface area (Å²) in [6, 6.07) is 8.10. The first-order valence-electron chi connectivity index (χ1n) is 5.64. The van der Waals surface area contributed by atoms with Crippen molar-refractivity contribution in [2.24, 2.45) is 0 Å². The number of nitrogens with two attached hydrogens (primary N) is 1. The molecule has 0 unspecified atom stereocenters. The van der Waals surface area contributed by atoms with Crippen LogP contribution in [0.5, 0.6) is 0 Å². The van der Waals surface area contributed by atoms with Crippen LogP contribution in [0.3, 0.4) is 0 Å². The van der Waals surface area contributed by atoms with Gasteiger partial charge in [0.15, 0.2) is 0 Å². The number of hydrogen-bond donors (Lipinski definition) is 2. The highest BCUT2D eigenvalue weighted by Crippen LogP contribution is 2.25. The molecule has 0 aliphatic rings. The Morgan fingerprint density at radius 2 is 1.95 bits per heavy atom. The number of hydrogen-bond acceptors (Lipinski definition) is 3. The number of nitrogen functional groups attached to an aromatic ring is 1. The summed E-state index contributed by atoms with van der Waals surface area (Å²) in [5.74, 6) is -0.675. The summed E-state index contributed by atoms with van der Waals surface area (Å²) in [5, 5.41) is -0.253. The summed E-state index contributed by atoms with van der Waals surface area (Å²) in [5.41, 5.74) is 7.17. The minimum atomic E-state index is -3.85. The smallest absolute Gasteiger partial charge is 0.261 e. The fourth-order valence-corrected chi connectivity index (χ4v) is 3.01. The van der Waals surface area contributed by atoms with Crippen LogP contribution in [0, 0.1) is 12.7 Å². The van der Waals surface area contributed by atoms with Crippen LogP contribution in [-0.2, 0) is 10.0 Å². The molecule has 0 spiro atoms. The van der Waals surface area contributed by atoms with E-state index in [0.29, 0.717) is 16.9 Å². The first-order chi connectivity index (χ1) is 9.31. The molecule has 0 heterocycles. The average Bonchev–Trinajstić information content (AvgIpc) is 2.38. The Kier molecular flexibility index (Phi) is 3.87. The normalized spacial score (nSPS) is 11.3. The van der Waals surface area contributed by atoms with Gasteiger partial charge < -0.3 is 5.73 Å². The lowest BCUT2D eigenvalue weighted by molar-refractivity contribution is 0.599. The summed E-state index contributed by atoms with van der Waals surface area (Å²) in [4.78, 5) is -0.120. The number of anilines is 2. The summed E-state index contributed by atoms with van der Waals surface area (Å²) in [6.07, 6.45) is 0. The quantitative estimate of drug-likeness (QED) is 0.855. The second-order valence-electron chi connectivity index (χ2n) is 4.20. The zero-order chi connectivity index (χ0) is 14.9. The molecule has 0 amide bonds. The van der Waals surface area contributed by atoms with Crippen molar-refractivity contribution in [3.8, 4) is 0 Å². The highest BCUT2D eigenvalue weighted by atomic mass is 35.5. The maximum absolute atomic E-state index is 13.1. The van der Waals surface area contributed by atoms with E-state index in [1.165, 1.54) is 0 Å². The van der Waals surface area contributed by atoms with Crippen LogP contribution < -0.4 is 10.5 Å². The van der Waals surface area contributed by atoms with Gasteiger partial charge in [0, 0.05) is 5.69 Å². The summed E-state index contributed by atoms with van der Waals surface area (Å²) in [7, 11) is -3.85. The Morgan fingerprint density at radius 3 is 2.60 bits per heavy atom. The molecular formula is C13H12ClFN2O2S. The second-order valence-corrected chi connectivity index (χ2v) is 6.29. The molecule has 2 aromatic rings. The number of benzene rings is 2. The van der Waals surface area contributed by atoms with Crippen LogP contribution in [-0.4, -0.2) is 8.42 Å². The van der Waals surface area contributed by atoms with E-state index in [9.17, 15) is 12.8 Å². The van der Waals surface area contributed by atoms with Crippen molar-refractivity contribution in [3.05, 3.63) is 52.8 Å². The van der Waals surface area contributed by atoms with E-state index in [0.717, 1.165) is 18.2 Å². The van der Waals surface area contributed by atoms with Crippen LogP contribution in [0.15, 0.2) is 41.3 Å². The predicted molar refractivity (Wildman–Crippen MR) is 77.8 cm³/mol. The molecule has 106 valence electrons. The topological polar surface area (TPSA) is 72.2 Å². The summed E-state index contributed by atoms with van der Waals surface area (Å²) < 4.78 is 39.9. The average molecular weight is 315 g/mol. The van der Waals surface area contributed by atoms with Crippen LogP contribution >= 0.6 is 11.6 Å². The van der Waals surface area contributed by atoms with Crippen molar-refractivity contribution >= 4 is 33.0 Å². The lowest BCUT2D eigenvalue weighted by Crippen LogP contribution is -2.14. The maximum atomic E-state index is 13.1. The Hall–Kier alpha value is -1.79. The van der Waals surface area contributed by atoms with Gasteiger partial charge in [-0.05, 0) is 42.8 Å². The molecule has 4 nitrogen and oxygen atoms in total. The fourth-order valence-electron chi connectivity index (χ4n) is 1.61. The largest absolute Gasteiger partial charge is 0.398 e. The molecule has 2 aromatic carbocycles. The van der Waals surface area contributed by atoms with Gasteiger partial charge in [-0.25, -0.2) is 12.8 Å². The molecule has 20 heavy (non-hydrogen) atoms. The molecule has 0 aliphatic carbocycles. The van der Waals surface area contributed by atoms with Crippen LogP contribution in [0.1, 0.15) is 5.56 Å². The van der Waals surface area contributed by atoms with E-state index in [1.807, 2.05) is 0 Å². The van der Waals surface area contributed by atoms with Gasteiger partial charge in [-0.15, -0.1) is 0 Å². The molecule has 3 N–H and O–H groups in total. The third kappa shape index (κ3) is 2.86. The highest BCUT2D eigenvalue weighted by Gasteiger charge is 2.17. The summed E-state index contributed by atoms with van der Waals surface area (Å²) in [6.45, 7) is 1.70. The Balaban J connectivity index is 2.41. The standard InChI is InChI=1S/C13H12ClFN2O2S/c1-8-12(16)3-2-4-13(8)17-20(18,19)9-5-6-11(15)10(14)7-9/h2-7,17H,16H2,1H3.